The molecule has 1 N–H and O–H groups in total. The third kappa shape index (κ3) is 36.8. The molecule has 0 saturated heterocycles. The zero-order chi connectivity index (χ0) is 34.0. The minimum atomic E-state index is -4.39. The molecule has 2 atom stereocenters. The molecule has 0 saturated carbocycles. The summed E-state index contributed by atoms with van der Waals surface area (Å²) in [6.07, 6.45) is 33.9. The highest BCUT2D eigenvalue weighted by Gasteiger charge is 2.20. The maximum atomic E-state index is 12.5. The van der Waals surface area contributed by atoms with Crippen LogP contribution in [0.3, 0.4) is 0 Å². The first-order valence-electron chi connectivity index (χ1n) is 19.9. The minimum absolute atomic E-state index is 0.114. The molecule has 278 valence electrons. The van der Waals surface area contributed by atoms with Crippen LogP contribution in [0.1, 0.15) is 181 Å². The van der Waals surface area contributed by atoms with Crippen molar-refractivity contribution < 1.29 is 27.7 Å². The first-order chi connectivity index (χ1) is 22.2. The van der Waals surface area contributed by atoms with Gasteiger partial charge in [-0.25, -0.2) is 0 Å². The molecule has 0 aliphatic rings. The highest BCUT2D eigenvalue weighted by Crippen LogP contribution is 2.39. The van der Waals surface area contributed by atoms with Crippen molar-refractivity contribution >= 4 is 7.82 Å². The first kappa shape index (κ1) is 46.0. The molecule has 0 rings (SSSR count). The zero-order valence-electron chi connectivity index (χ0n) is 31.6. The average Bonchev–Trinajstić information content (AvgIpc) is 3.00. The van der Waals surface area contributed by atoms with Gasteiger partial charge in [0.15, 0.2) is 0 Å². The summed E-state index contributed by atoms with van der Waals surface area (Å²) < 4.78 is 29.7. The van der Waals surface area contributed by atoms with Crippen LogP contribution in [-0.4, -0.2) is 71.2 Å². The smallest absolute Gasteiger partial charge is 0.268 e. The molecule has 0 spiro atoms. The molecule has 0 radical (unpaired) electrons. The van der Waals surface area contributed by atoms with Crippen molar-refractivity contribution in [3.05, 3.63) is 0 Å². The molecule has 7 nitrogen and oxygen atoms in total. The van der Waals surface area contributed by atoms with Crippen molar-refractivity contribution in [3.8, 4) is 0 Å². The molecule has 0 heterocycles. The summed E-state index contributed by atoms with van der Waals surface area (Å²) in [6.45, 7) is 7.46. The molecule has 0 aromatic rings. The lowest BCUT2D eigenvalue weighted by molar-refractivity contribution is -0.870. The Kier molecular flexibility index (Phi) is 33.5. The van der Waals surface area contributed by atoms with E-state index < -0.39 is 13.9 Å². The van der Waals surface area contributed by atoms with Gasteiger partial charge in [-0.3, -0.25) is 4.57 Å². The largest absolute Gasteiger partial charge is 0.756 e. The number of phosphoric ester groups is 1. The number of hydrogen-bond acceptors (Lipinski definition) is 6. The van der Waals surface area contributed by atoms with Crippen molar-refractivity contribution in [1.82, 2.24) is 5.32 Å². The van der Waals surface area contributed by atoms with E-state index in [-0.39, 0.29) is 13.2 Å². The van der Waals surface area contributed by atoms with E-state index >= 15 is 0 Å². The van der Waals surface area contributed by atoms with Crippen LogP contribution >= 0.6 is 7.82 Å². The number of ether oxygens (including phenoxy) is 1. The van der Waals surface area contributed by atoms with Gasteiger partial charge in [-0.1, -0.05) is 168 Å². The lowest BCUT2D eigenvalue weighted by atomic mass is 10.0. The van der Waals surface area contributed by atoms with E-state index in [1.54, 1.807) is 0 Å². The molecule has 0 aromatic heterocycles. The summed E-state index contributed by atoms with van der Waals surface area (Å²) in [5.41, 5.74) is 0. The summed E-state index contributed by atoms with van der Waals surface area (Å²) in [5, 5.41) is 3.41. The predicted octanol–water partition coefficient (Wildman–Crippen LogP) is 10.4. The van der Waals surface area contributed by atoms with E-state index in [4.69, 9.17) is 13.8 Å². The fraction of sp³-hybridized carbons (Fsp3) is 1.00. The third-order valence-electron chi connectivity index (χ3n) is 8.81. The van der Waals surface area contributed by atoms with Crippen LogP contribution in [-0.2, 0) is 18.3 Å². The maximum Gasteiger partial charge on any atom is 0.268 e. The number of phosphoric acid groups is 1. The van der Waals surface area contributed by atoms with Crippen LogP contribution in [0.5, 0.6) is 0 Å². The Labute approximate surface area is 287 Å². The van der Waals surface area contributed by atoms with E-state index in [2.05, 4.69) is 19.2 Å². The Hall–Kier alpha value is -0.0100. The number of rotatable bonds is 38. The monoisotopic (exact) mass is 677 g/mol. The first-order valence-corrected chi connectivity index (χ1v) is 21.4. The van der Waals surface area contributed by atoms with Crippen LogP contribution in [0.4, 0.5) is 0 Å². The van der Waals surface area contributed by atoms with Gasteiger partial charge in [-0.15, -0.1) is 0 Å². The fourth-order valence-corrected chi connectivity index (χ4v) is 6.60. The third-order valence-corrected chi connectivity index (χ3v) is 9.87. The van der Waals surface area contributed by atoms with Crippen LogP contribution in [0, 0.1) is 0 Å². The topological polar surface area (TPSA) is 79.9 Å². The second-order valence-corrected chi connectivity index (χ2v) is 16.1. The number of nitrogens with zero attached hydrogens (tertiary/aromatic N) is 1. The Morgan fingerprint density at radius 1 is 0.587 bits per heavy atom. The van der Waals surface area contributed by atoms with Crippen molar-refractivity contribution in [2.24, 2.45) is 0 Å². The molecular weight excluding hydrogens is 595 g/mol. The Bertz CT molecular complexity index is 661. The number of unbranched alkanes of at least 4 members (excludes halogenated alkanes) is 24. The lowest BCUT2D eigenvalue weighted by Crippen LogP contribution is -2.38. The van der Waals surface area contributed by atoms with E-state index in [1.165, 1.54) is 148 Å². The number of hydrogen-bond donors (Lipinski definition) is 1. The number of nitrogens with one attached hydrogen (secondary N) is 1. The average molecular weight is 677 g/mol. The highest BCUT2D eigenvalue weighted by molar-refractivity contribution is 7.45. The van der Waals surface area contributed by atoms with Crippen LogP contribution in [0.2, 0.25) is 0 Å². The van der Waals surface area contributed by atoms with Crippen LogP contribution in [0.25, 0.3) is 0 Å². The van der Waals surface area contributed by atoms with Gasteiger partial charge in [0.05, 0.1) is 27.7 Å². The van der Waals surface area contributed by atoms with Gasteiger partial charge in [-0.05, 0) is 19.4 Å². The molecule has 0 bridgehead atoms. The van der Waals surface area contributed by atoms with Crippen molar-refractivity contribution in [3.63, 3.8) is 0 Å². The summed E-state index contributed by atoms with van der Waals surface area (Å²) in [4.78, 5) is 12.5. The van der Waals surface area contributed by atoms with E-state index in [0.29, 0.717) is 24.2 Å². The standard InChI is InChI=1S/C38H81N2O5P/c1-6-8-10-12-14-16-18-19-20-21-22-23-24-26-28-30-32-39-36-38(45-46(41,42)44-35-33-40(3,4)5)37-43-34-31-29-27-25-17-15-13-11-9-7-2/h38-39H,6-37H2,1-5H3. The van der Waals surface area contributed by atoms with Crippen molar-refractivity contribution in [2.45, 2.75) is 187 Å². The summed E-state index contributed by atoms with van der Waals surface area (Å²) in [6, 6.07) is 0. The molecule has 0 aliphatic carbocycles. The number of likely N-dealkylation sites (N-methyl/N-ethyl adjacent to an activating group) is 1. The zero-order valence-corrected chi connectivity index (χ0v) is 32.5. The number of quaternary nitrogens is 1. The van der Waals surface area contributed by atoms with Gasteiger partial charge in [0.1, 0.15) is 19.3 Å². The quantitative estimate of drug-likeness (QED) is 0.0398. The molecule has 0 fully saturated rings. The molecule has 0 amide bonds. The normalized spacial score (nSPS) is 14.1. The highest BCUT2D eigenvalue weighted by atomic mass is 31.2. The van der Waals surface area contributed by atoms with Crippen LogP contribution < -0.4 is 10.2 Å². The predicted molar refractivity (Wildman–Crippen MR) is 196 cm³/mol. The Morgan fingerprint density at radius 3 is 1.39 bits per heavy atom. The van der Waals surface area contributed by atoms with Crippen molar-refractivity contribution in [2.75, 3.05) is 60.6 Å². The molecule has 0 aliphatic heterocycles. The van der Waals surface area contributed by atoms with Gasteiger partial charge in [0, 0.05) is 13.2 Å². The lowest BCUT2D eigenvalue weighted by Gasteiger charge is -2.30. The van der Waals surface area contributed by atoms with Gasteiger partial charge >= 0.3 is 0 Å². The van der Waals surface area contributed by atoms with Gasteiger partial charge in [0.25, 0.3) is 7.82 Å². The van der Waals surface area contributed by atoms with Gasteiger partial charge < -0.3 is 28.5 Å². The van der Waals surface area contributed by atoms with E-state index in [0.717, 1.165) is 25.8 Å². The molecule has 0 aromatic carbocycles. The second-order valence-electron chi connectivity index (χ2n) is 14.8. The minimum Gasteiger partial charge on any atom is -0.756 e. The second kappa shape index (κ2) is 33.5. The molecular formula is C38H81N2O5P. The summed E-state index contributed by atoms with van der Waals surface area (Å²) in [5.74, 6) is 0. The molecule has 46 heavy (non-hydrogen) atoms. The molecule has 2 unspecified atom stereocenters. The van der Waals surface area contributed by atoms with Gasteiger partial charge in [-0.2, -0.15) is 0 Å². The van der Waals surface area contributed by atoms with E-state index in [9.17, 15) is 9.46 Å². The van der Waals surface area contributed by atoms with E-state index in [1.807, 2.05) is 21.1 Å². The SMILES string of the molecule is CCCCCCCCCCCCCCCCCCNCC(COCCCCCCCCCCCC)OP(=O)([O-])OCC[N+](C)(C)C. The summed E-state index contributed by atoms with van der Waals surface area (Å²) in [7, 11) is 1.63. The van der Waals surface area contributed by atoms with Gasteiger partial charge in [0.2, 0.25) is 0 Å². The Morgan fingerprint density at radius 2 is 0.978 bits per heavy atom. The summed E-state index contributed by atoms with van der Waals surface area (Å²) >= 11 is 0. The Balaban J connectivity index is 4.04. The van der Waals surface area contributed by atoms with Crippen LogP contribution in [0.15, 0.2) is 0 Å². The fourth-order valence-electron chi connectivity index (χ4n) is 5.73. The molecule has 8 heteroatoms. The van der Waals surface area contributed by atoms with Crippen molar-refractivity contribution in [1.29, 1.82) is 0 Å². The maximum absolute atomic E-state index is 12.5.